The number of thiazole rings is 1. The molecule has 0 aliphatic rings. The Morgan fingerprint density at radius 1 is 1.32 bits per heavy atom. The molecule has 2 aromatic rings. The number of para-hydroxylation sites is 1. The quantitative estimate of drug-likeness (QED) is 0.686. The number of benzene rings is 1. The Balaban J connectivity index is 1.94. The summed E-state index contributed by atoms with van der Waals surface area (Å²) in [4.78, 5) is 15.7. The van der Waals surface area contributed by atoms with Gasteiger partial charge in [-0.05, 0) is 12.1 Å². The van der Waals surface area contributed by atoms with Gasteiger partial charge < -0.3 is 15.5 Å². The normalized spacial score (nSPS) is 11.9. The van der Waals surface area contributed by atoms with Crippen LogP contribution >= 0.6 is 11.3 Å². The molecule has 0 saturated carbocycles. The summed E-state index contributed by atoms with van der Waals surface area (Å²) in [5, 5.41) is 25.3. The molecule has 1 heterocycles. The standard InChI is InChI=1S/C12H13N3O3S/c16-6-10(17)9-7-19-12(14-9)15-11(18)13-8-4-2-1-3-5-8/h1-5,7,10,16-17H,6H2,(H2,13,14,15,18). The van der Waals surface area contributed by atoms with Crippen molar-refractivity contribution in [3.63, 3.8) is 0 Å². The molecule has 2 amide bonds. The van der Waals surface area contributed by atoms with Crippen LogP contribution in [0.1, 0.15) is 11.8 Å². The van der Waals surface area contributed by atoms with Gasteiger partial charge in [0, 0.05) is 11.1 Å². The van der Waals surface area contributed by atoms with Crippen LogP contribution in [-0.4, -0.2) is 27.8 Å². The highest BCUT2D eigenvalue weighted by Crippen LogP contribution is 2.20. The number of nitrogens with one attached hydrogen (secondary N) is 2. The van der Waals surface area contributed by atoms with E-state index >= 15 is 0 Å². The molecule has 0 bridgehead atoms. The first-order valence-corrected chi connectivity index (χ1v) is 6.44. The molecule has 7 heteroatoms. The van der Waals surface area contributed by atoms with Crippen molar-refractivity contribution in [1.29, 1.82) is 0 Å². The predicted octanol–water partition coefficient (Wildman–Crippen LogP) is 1.81. The lowest BCUT2D eigenvalue weighted by Crippen LogP contribution is -2.19. The van der Waals surface area contributed by atoms with Gasteiger partial charge in [0.25, 0.3) is 0 Å². The molecule has 6 nitrogen and oxygen atoms in total. The van der Waals surface area contributed by atoms with E-state index in [-0.39, 0.29) is 0 Å². The van der Waals surface area contributed by atoms with Crippen LogP contribution in [0.15, 0.2) is 35.7 Å². The monoisotopic (exact) mass is 279 g/mol. The molecule has 1 aromatic carbocycles. The molecule has 4 N–H and O–H groups in total. The first-order valence-electron chi connectivity index (χ1n) is 5.56. The van der Waals surface area contributed by atoms with Crippen molar-refractivity contribution < 1.29 is 15.0 Å². The second kappa shape index (κ2) is 6.28. The Morgan fingerprint density at radius 2 is 2.05 bits per heavy atom. The maximum absolute atomic E-state index is 11.7. The summed E-state index contributed by atoms with van der Waals surface area (Å²) < 4.78 is 0. The van der Waals surface area contributed by atoms with Crippen LogP contribution < -0.4 is 10.6 Å². The van der Waals surface area contributed by atoms with Gasteiger partial charge in [0.05, 0.1) is 12.3 Å². The van der Waals surface area contributed by atoms with Crippen molar-refractivity contribution in [2.75, 3.05) is 17.2 Å². The zero-order valence-electron chi connectivity index (χ0n) is 9.91. The summed E-state index contributed by atoms with van der Waals surface area (Å²) in [7, 11) is 0. The molecule has 1 unspecified atom stereocenters. The molecular weight excluding hydrogens is 266 g/mol. The van der Waals surface area contributed by atoms with Crippen molar-refractivity contribution in [2.45, 2.75) is 6.10 Å². The number of aliphatic hydroxyl groups is 2. The predicted molar refractivity (Wildman–Crippen MR) is 73.2 cm³/mol. The first kappa shape index (κ1) is 13.5. The van der Waals surface area contributed by atoms with Crippen LogP contribution in [0.4, 0.5) is 15.6 Å². The van der Waals surface area contributed by atoms with Crippen LogP contribution in [-0.2, 0) is 0 Å². The number of amides is 2. The lowest BCUT2D eigenvalue weighted by Gasteiger charge is -2.05. The molecule has 0 spiro atoms. The number of hydrogen-bond acceptors (Lipinski definition) is 5. The van der Waals surface area contributed by atoms with E-state index in [0.29, 0.717) is 16.5 Å². The van der Waals surface area contributed by atoms with Gasteiger partial charge >= 0.3 is 6.03 Å². The molecule has 1 aromatic heterocycles. The average molecular weight is 279 g/mol. The molecule has 0 aliphatic carbocycles. The molecule has 19 heavy (non-hydrogen) atoms. The summed E-state index contributed by atoms with van der Waals surface area (Å²) >= 11 is 1.18. The highest BCUT2D eigenvalue weighted by atomic mass is 32.1. The summed E-state index contributed by atoms with van der Waals surface area (Å²) in [5.74, 6) is 0. The Hall–Kier alpha value is -1.96. The maximum atomic E-state index is 11.7. The van der Waals surface area contributed by atoms with Crippen molar-refractivity contribution in [3.05, 3.63) is 41.4 Å². The van der Waals surface area contributed by atoms with Crippen molar-refractivity contribution in [3.8, 4) is 0 Å². The van der Waals surface area contributed by atoms with E-state index in [4.69, 9.17) is 5.11 Å². The molecule has 0 fully saturated rings. The van der Waals surface area contributed by atoms with Gasteiger partial charge in [0.2, 0.25) is 0 Å². The van der Waals surface area contributed by atoms with Gasteiger partial charge in [-0.25, -0.2) is 9.78 Å². The van der Waals surface area contributed by atoms with Gasteiger partial charge in [-0.2, -0.15) is 0 Å². The minimum absolute atomic E-state index is 0.336. The fourth-order valence-electron chi connectivity index (χ4n) is 1.37. The molecule has 0 saturated heterocycles. The smallest absolute Gasteiger partial charge is 0.325 e. The van der Waals surface area contributed by atoms with E-state index in [9.17, 15) is 9.90 Å². The average Bonchev–Trinajstić information content (AvgIpc) is 2.87. The fourth-order valence-corrected chi connectivity index (χ4v) is 2.12. The van der Waals surface area contributed by atoms with Gasteiger partial charge in [-0.3, -0.25) is 5.32 Å². The fraction of sp³-hybridized carbons (Fsp3) is 0.167. The Kier molecular flexibility index (Phi) is 4.45. The number of rotatable bonds is 4. The summed E-state index contributed by atoms with van der Waals surface area (Å²) in [5.41, 5.74) is 1.01. The first-order chi connectivity index (χ1) is 9.19. The summed E-state index contributed by atoms with van der Waals surface area (Å²) in [6, 6.07) is 8.60. The van der Waals surface area contributed by atoms with E-state index in [1.165, 1.54) is 11.3 Å². The Bertz CT molecular complexity index is 544. The minimum Gasteiger partial charge on any atom is -0.393 e. The Morgan fingerprint density at radius 3 is 2.74 bits per heavy atom. The number of aromatic nitrogens is 1. The van der Waals surface area contributed by atoms with Crippen molar-refractivity contribution in [1.82, 2.24) is 4.98 Å². The summed E-state index contributed by atoms with van der Waals surface area (Å²) in [6.45, 7) is -0.403. The van der Waals surface area contributed by atoms with E-state index in [0.717, 1.165) is 0 Å². The number of aliphatic hydroxyl groups excluding tert-OH is 2. The topological polar surface area (TPSA) is 94.5 Å². The zero-order chi connectivity index (χ0) is 13.7. The second-order valence-electron chi connectivity index (χ2n) is 3.72. The van der Waals surface area contributed by atoms with E-state index < -0.39 is 18.7 Å². The van der Waals surface area contributed by atoms with E-state index in [1.54, 1.807) is 17.5 Å². The zero-order valence-corrected chi connectivity index (χ0v) is 10.7. The van der Waals surface area contributed by atoms with Crippen LogP contribution in [0.25, 0.3) is 0 Å². The number of anilines is 2. The number of nitrogens with zero attached hydrogens (tertiary/aromatic N) is 1. The number of carbonyl (C=O) groups is 1. The van der Waals surface area contributed by atoms with Crippen molar-refractivity contribution >= 4 is 28.2 Å². The number of carbonyl (C=O) groups excluding carboxylic acids is 1. The molecule has 2 rings (SSSR count). The van der Waals surface area contributed by atoms with Crippen LogP contribution in [0.3, 0.4) is 0 Å². The molecule has 1 atom stereocenters. The third-order valence-electron chi connectivity index (χ3n) is 2.29. The molecule has 0 radical (unpaired) electrons. The number of hydrogen-bond donors (Lipinski definition) is 4. The summed E-state index contributed by atoms with van der Waals surface area (Å²) in [6.07, 6.45) is -1.02. The SMILES string of the molecule is O=C(Nc1ccccc1)Nc1nc(C(O)CO)cs1. The van der Waals surface area contributed by atoms with Crippen molar-refractivity contribution in [2.24, 2.45) is 0 Å². The van der Waals surface area contributed by atoms with Gasteiger partial charge in [-0.15, -0.1) is 11.3 Å². The highest BCUT2D eigenvalue weighted by Gasteiger charge is 2.12. The van der Waals surface area contributed by atoms with E-state index in [2.05, 4.69) is 15.6 Å². The Labute approximate surface area is 113 Å². The number of urea groups is 1. The lowest BCUT2D eigenvalue weighted by atomic mass is 10.3. The maximum Gasteiger partial charge on any atom is 0.325 e. The van der Waals surface area contributed by atoms with Crippen LogP contribution in [0.5, 0.6) is 0 Å². The molecule has 0 aliphatic heterocycles. The van der Waals surface area contributed by atoms with Gasteiger partial charge in [-0.1, -0.05) is 18.2 Å². The molecular formula is C12H13N3O3S. The van der Waals surface area contributed by atoms with Crippen LogP contribution in [0.2, 0.25) is 0 Å². The lowest BCUT2D eigenvalue weighted by molar-refractivity contribution is 0.0928. The molecule has 100 valence electrons. The minimum atomic E-state index is -1.02. The van der Waals surface area contributed by atoms with E-state index in [1.807, 2.05) is 18.2 Å². The highest BCUT2D eigenvalue weighted by molar-refractivity contribution is 7.13. The second-order valence-corrected chi connectivity index (χ2v) is 4.58. The van der Waals surface area contributed by atoms with Gasteiger partial charge in [0.1, 0.15) is 6.10 Å². The third-order valence-corrected chi connectivity index (χ3v) is 3.06. The van der Waals surface area contributed by atoms with Gasteiger partial charge in [0.15, 0.2) is 5.13 Å². The third kappa shape index (κ3) is 3.75. The van der Waals surface area contributed by atoms with Crippen LogP contribution in [0, 0.1) is 0 Å². The largest absolute Gasteiger partial charge is 0.393 e.